The molecule has 0 aliphatic rings. The number of ketones is 1. The van der Waals surface area contributed by atoms with Crippen LogP contribution >= 0.6 is 0 Å². The van der Waals surface area contributed by atoms with Crippen molar-refractivity contribution >= 4 is 17.4 Å². The highest BCUT2D eigenvalue weighted by atomic mass is 19.1. The maximum atomic E-state index is 13.9. The number of hydrogen-bond donors (Lipinski definition) is 0. The molecule has 2 aromatic heterocycles. The lowest BCUT2D eigenvalue weighted by Gasteiger charge is -2.14. The lowest BCUT2D eigenvalue weighted by molar-refractivity contribution is -0.145. The number of rotatable bonds is 10. The summed E-state index contributed by atoms with van der Waals surface area (Å²) < 4.78 is 39.9. The molecule has 0 N–H and O–H groups in total. The lowest BCUT2D eigenvalue weighted by atomic mass is 9.95. The third-order valence-corrected chi connectivity index (χ3v) is 5.36. The summed E-state index contributed by atoms with van der Waals surface area (Å²) >= 11 is 0. The van der Waals surface area contributed by atoms with Gasteiger partial charge in [-0.05, 0) is 37.6 Å². The van der Waals surface area contributed by atoms with Crippen LogP contribution in [-0.2, 0) is 16.1 Å². The smallest absolute Gasteiger partial charge is 0.309 e. The van der Waals surface area contributed by atoms with Crippen LogP contribution < -0.4 is 4.74 Å². The molecule has 0 fully saturated rings. The highest BCUT2D eigenvalue weighted by molar-refractivity contribution is 5.98. The number of pyridine rings is 1. The second kappa shape index (κ2) is 10.3. The van der Waals surface area contributed by atoms with Crippen molar-refractivity contribution < 1.29 is 27.8 Å². The van der Waals surface area contributed by atoms with E-state index in [9.17, 15) is 18.4 Å². The van der Waals surface area contributed by atoms with Gasteiger partial charge in [-0.2, -0.15) is 0 Å². The lowest BCUT2D eigenvalue weighted by Crippen LogP contribution is -2.21. The summed E-state index contributed by atoms with van der Waals surface area (Å²) in [6.07, 6.45) is 3.95. The number of nitrogens with zero attached hydrogens (tertiary/aromatic N) is 2. The molecular formula is C24H26F2N2O4. The third-order valence-electron chi connectivity index (χ3n) is 5.36. The van der Waals surface area contributed by atoms with Crippen LogP contribution in [0.4, 0.5) is 8.78 Å². The van der Waals surface area contributed by atoms with Crippen molar-refractivity contribution in [2.75, 3.05) is 7.11 Å². The van der Waals surface area contributed by atoms with E-state index in [-0.39, 0.29) is 30.1 Å². The van der Waals surface area contributed by atoms with Gasteiger partial charge in [-0.15, -0.1) is 0 Å². The summed E-state index contributed by atoms with van der Waals surface area (Å²) in [6, 6.07) is 6.89. The van der Waals surface area contributed by atoms with Gasteiger partial charge in [-0.3, -0.25) is 14.0 Å². The monoisotopic (exact) mass is 444 g/mol. The topological polar surface area (TPSA) is 69.9 Å². The molecule has 2 heterocycles. The third kappa shape index (κ3) is 4.95. The van der Waals surface area contributed by atoms with E-state index in [0.29, 0.717) is 23.5 Å². The first-order chi connectivity index (χ1) is 15.4. The Morgan fingerprint density at radius 2 is 1.88 bits per heavy atom. The standard InChI is InChI=1S/C24H26F2N2O4/c1-4-5-8-16(24(30)31-3)13-20(29)22-15(2)27-23-21(11-7-12-28(22)23)32-14-17-18(25)9-6-10-19(17)26/h6-7,9-12,16H,4-5,8,13-14H2,1-3H3. The van der Waals surface area contributed by atoms with E-state index >= 15 is 0 Å². The number of carbonyl (C=O) groups excluding carboxylic acids is 2. The number of aromatic nitrogens is 2. The van der Waals surface area contributed by atoms with Gasteiger partial charge in [0.1, 0.15) is 23.9 Å². The highest BCUT2D eigenvalue weighted by Crippen LogP contribution is 2.26. The van der Waals surface area contributed by atoms with Crippen LogP contribution in [-0.4, -0.2) is 28.2 Å². The first kappa shape index (κ1) is 23.4. The largest absolute Gasteiger partial charge is 0.485 e. The van der Waals surface area contributed by atoms with Crippen molar-refractivity contribution in [3.05, 3.63) is 65.1 Å². The van der Waals surface area contributed by atoms with Crippen LogP contribution in [0.15, 0.2) is 36.5 Å². The summed E-state index contributed by atoms with van der Waals surface area (Å²) in [5.74, 6) is -2.29. The van der Waals surface area contributed by atoms with Crippen LogP contribution in [0.1, 0.15) is 54.4 Å². The zero-order valence-corrected chi connectivity index (χ0v) is 18.4. The number of unbranched alkanes of at least 4 members (excludes halogenated alkanes) is 1. The Kier molecular flexibility index (Phi) is 7.56. The molecule has 1 unspecified atom stereocenters. The van der Waals surface area contributed by atoms with E-state index in [2.05, 4.69) is 4.98 Å². The number of imidazole rings is 1. The molecule has 8 heteroatoms. The number of ether oxygens (including phenoxy) is 2. The summed E-state index contributed by atoms with van der Waals surface area (Å²) in [5.41, 5.74) is 0.981. The van der Waals surface area contributed by atoms with Crippen molar-refractivity contribution in [2.24, 2.45) is 5.92 Å². The maximum absolute atomic E-state index is 13.9. The zero-order chi connectivity index (χ0) is 23.3. The van der Waals surface area contributed by atoms with E-state index in [4.69, 9.17) is 9.47 Å². The van der Waals surface area contributed by atoms with Gasteiger partial charge in [0.25, 0.3) is 0 Å². The normalized spacial score (nSPS) is 12.0. The average molecular weight is 444 g/mol. The Morgan fingerprint density at radius 1 is 1.16 bits per heavy atom. The summed E-state index contributed by atoms with van der Waals surface area (Å²) in [4.78, 5) is 29.7. The fraction of sp³-hybridized carbons (Fsp3) is 0.375. The van der Waals surface area contributed by atoms with Crippen LogP contribution in [0.2, 0.25) is 0 Å². The van der Waals surface area contributed by atoms with Gasteiger partial charge < -0.3 is 9.47 Å². The summed E-state index contributed by atoms with van der Waals surface area (Å²) in [6.45, 7) is 3.38. The number of methoxy groups -OCH3 is 1. The number of fused-ring (bicyclic) bond motifs is 1. The number of carbonyl (C=O) groups is 2. The first-order valence-electron chi connectivity index (χ1n) is 10.5. The fourth-order valence-corrected chi connectivity index (χ4v) is 3.67. The fourth-order valence-electron chi connectivity index (χ4n) is 3.67. The van der Waals surface area contributed by atoms with Crippen LogP contribution in [0.5, 0.6) is 5.75 Å². The molecule has 0 amide bonds. The molecular weight excluding hydrogens is 418 g/mol. The van der Waals surface area contributed by atoms with Gasteiger partial charge in [0, 0.05) is 12.6 Å². The first-order valence-corrected chi connectivity index (χ1v) is 10.5. The zero-order valence-electron chi connectivity index (χ0n) is 18.4. The van der Waals surface area contributed by atoms with Gasteiger partial charge in [-0.1, -0.05) is 25.8 Å². The Morgan fingerprint density at radius 3 is 2.53 bits per heavy atom. The van der Waals surface area contributed by atoms with E-state index < -0.39 is 23.5 Å². The van der Waals surface area contributed by atoms with Crippen LogP contribution in [0.3, 0.4) is 0 Å². The van der Waals surface area contributed by atoms with Crippen molar-refractivity contribution in [1.29, 1.82) is 0 Å². The molecule has 32 heavy (non-hydrogen) atoms. The van der Waals surface area contributed by atoms with Gasteiger partial charge in [0.15, 0.2) is 17.2 Å². The molecule has 0 radical (unpaired) electrons. The maximum Gasteiger partial charge on any atom is 0.309 e. The second-order valence-corrected chi connectivity index (χ2v) is 7.59. The predicted octanol–water partition coefficient (Wildman–Crippen LogP) is 5.05. The molecule has 0 spiro atoms. The quantitative estimate of drug-likeness (QED) is 0.323. The molecule has 1 aromatic carbocycles. The second-order valence-electron chi connectivity index (χ2n) is 7.59. The van der Waals surface area contributed by atoms with Crippen molar-refractivity contribution in [3.63, 3.8) is 0 Å². The number of Topliss-reactive ketones (excluding diaryl/α,β-unsaturated/α-hetero) is 1. The van der Waals surface area contributed by atoms with Crippen LogP contribution in [0.25, 0.3) is 5.65 Å². The summed E-state index contributed by atoms with van der Waals surface area (Å²) in [5, 5.41) is 0. The molecule has 3 rings (SSSR count). The van der Waals surface area contributed by atoms with Crippen LogP contribution in [0, 0.1) is 24.5 Å². The van der Waals surface area contributed by atoms with E-state index in [1.54, 1.807) is 29.7 Å². The molecule has 0 saturated heterocycles. The number of esters is 1. The molecule has 170 valence electrons. The van der Waals surface area contributed by atoms with Gasteiger partial charge in [-0.25, -0.2) is 13.8 Å². The Bertz CT molecular complexity index is 1110. The van der Waals surface area contributed by atoms with Gasteiger partial charge in [0.2, 0.25) is 0 Å². The highest BCUT2D eigenvalue weighted by Gasteiger charge is 2.26. The number of halogens is 2. The minimum absolute atomic E-state index is 0.00678. The van der Waals surface area contributed by atoms with Crippen molar-refractivity contribution in [3.8, 4) is 5.75 Å². The number of hydrogen-bond acceptors (Lipinski definition) is 5. The molecule has 0 aliphatic heterocycles. The van der Waals surface area contributed by atoms with E-state index in [0.717, 1.165) is 25.0 Å². The average Bonchev–Trinajstić information content (AvgIpc) is 3.12. The summed E-state index contributed by atoms with van der Waals surface area (Å²) in [7, 11) is 1.31. The van der Waals surface area contributed by atoms with Crippen molar-refractivity contribution in [2.45, 2.75) is 46.1 Å². The van der Waals surface area contributed by atoms with E-state index in [1.807, 2.05) is 6.92 Å². The van der Waals surface area contributed by atoms with Gasteiger partial charge >= 0.3 is 5.97 Å². The van der Waals surface area contributed by atoms with Crippen molar-refractivity contribution in [1.82, 2.24) is 9.38 Å². The predicted molar refractivity (Wildman–Crippen MR) is 115 cm³/mol. The molecule has 0 saturated carbocycles. The SMILES string of the molecule is CCCCC(CC(=O)c1c(C)nc2c(OCc3c(F)cccc3F)cccn12)C(=O)OC. The number of benzene rings is 1. The Labute approximate surface area is 185 Å². The van der Waals surface area contributed by atoms with E-state index in [1.165, 1.54) is 13.2 Å². The number of aryl methyl sites for hydroxylation is 1. The minimum atomic E-state index is -0.701. The van der Waals surface area contributed by atoms with Gasteiger partial charge in [0.05, 0.1) is 24.3 Å². The Hall–Kier alpha value is -3.29. The molecule has 1 atom stereocenters. The minimum Gasteiger partial charge on any atom is -0.485 e. The molecule has 0 aliphatic carbocycles. The Balaban J connectivity index is 1.87. The molecule has 0 bridgehead atoms. The molecule has 3 aromatic rings. The molecule has 6 nitrogen and oxygen atoms in total.